The third kappa shape index (κ3) is 73.6. The van der Waals surface area contributed by atoms with E-state index in [1.165, 1.54) is 411 Å². The molecule has 0 heterocycles. The monoisotopic (exact) mass is 1240 g/mol. The second-order valence-corrected chi connectivity index (χ2v) is 28.5. The molecule has 0 fully saturated rings. The fourth-order valence-corrected chi connectivity index (χ4v) is 13.3. The second-order valence-electron chi connectivity index (χ2n) is 28.5. The molecule has 0 aromatic rings. The van der Waals surface area contributed by atoms with Crippen LogP contribution in [0, 0.1) is 0 Å². The van der Waals surface area contributed by atoms with Crippen molar-refractivity contribution in [3.63, 3.8) is 0 Å². The van der Waals surface area contributed by atoms with Gasteiger partial charge in [-0.2, -0.15) is 0 Å². The number of ether oxygens (including phenoxy) is 1. The molecule has 3 N–H and O–H groups in total. The predicted molar refractivity (Wildman–Crippen MR) is 389 cm³/mol. The van der Waals surface area contributed by atoms with Crippen molar-refractivity contribution in [2.45, 2.75) is 488 Å². The highest BCUT2D eigenvalue weighted by molar-refractivity contribution is 5.76. The summed E-state index contributed by atoms with van der Waals surface area (Å²) >= 11 is 0. The molecule has 0 radical (unpaired) electrons. The average molecular weight is 1240 g/mol. The van der Waals surface area contributed by atoms with Crippen LogP contribution in [0.5, 0.6) is 0 Å². The van der Waals surface area contributed by atoms with Crippen molar-refractivity contribution < 1.29 is 24.5 Å². The molecule has 0 bridgehead atoms. The molecule has 6 nitrogen and oxygen atoms in total. The zero-order chi connectivity index (χ0) is 63.5. The summed E-state index contributed by atoms with van der Waals surface area (Å²) in [6, 6.07) is -0.624. The number of amides is 1. The average Bonchev–Trinajstić information content (AvgIpc) is 3.59. The number of hydrogen-bond donors (Lipinski definition) is 3. The van der Waals surface area contributed by atoms with Gasteiger partial charge in [-0.25, -0.2) is 0 Å². The Balaban J connectivity index is 3.32. The minimum Gasteiger partial charge on any atom is -0.466 e. The summed E-state index contributed by atoms with van der Waals surface area (Å²) in [4.78, 5) is 24.6. The maximum absolute atomic E-state index is 12.5. The SMILES string of the molecule is CCCCCCCCCCCCCCCCCCCCC/C=C/C(O)C(CO)NC(=O)CCCCCCCCCCCCCCCCCCCCCCCCCCCCCCCCCCCCCCCOC(=O)CCCCCCCCCCCCCCC. The standard InChI is InChI=1S/C82H161NO5/c1-3-5-7-9-11-13-15-17-18-19-20-38-41-44-47-51-54-58-62-66-70-74-80(85)79(78-84)83-81(86)75-71-67-63-59-55-52-48-45-42-39-36-34-32-30-28-26-24-22-21-23-25-27-29-31-33-35-37-40-43-46-49-53-57-61-65-69-73-77-88-82(87)76-72-68-64-60-56-50-16-14-12-10-8-6-4-2/h70,74,79-80,84-85H,3-69,71-73,75-78H2,1-2H3,(H,83,86)/b74-70+. The van der Waals surface area contributed by atoms with E-state index < -0.39 is 12.1 Å². The van der Waals surface area contributed by atoms with Crippen LogP contribution in [-0.4, -0.2) is 47.4 Å². The van der Waals surface area contributed by atoms with Crippen LogP contribution in [0.1, 0.15) is 476 Å². The molecule has 0 spiro atoms. The molecule has 2 atom stereocenters. The zero-order valence-electron chi connectivity index (χ0n) is 60.3. The van der Waals surface area contributed by atoms with Crippen LogP contribution in [0.15, 0.2) is 12.2 Å². The molecule has 0 aromatic heterocycles. The highest BCUT2D eigenvalue weighted by atomic mass is 16.5. The summed E-state index contributed by atoms with van der Waals surface area (Å²) in [5.41, 5.74) is 0. The van der Waals surface area contributed by atoms with E-state index in [-0.39, 0.29) is 18.5 Å². The summed E-state index contributed by atoms with van der Waals surface area (Å²) in [7, 11) is 0. The Kier molecular flexibility index (Phi) is 76.8. The highest BCUT2D eigenvalue weighted by Crippen LogP contribution is 2.21. The lowest BCUT2D eigenvalue weighted by Crippen LogP contribution is -2.45. The summed E-state index contributed by atoms with van der Waals surface area (Å²) in [6.45, 7) is 4.97. The van der Waals surface area contributed by atoms with E-state index >= 15 is 0 Å². The lowest BCUT2D eigenvalue weighted by Gasteiger charge is -2.20. The quantitative estimate of drug-likeness (QED) is 0.0320. The van der Waals surface area contributed by atoms with Crippen LogP contribution in [-0.2, 0) is 14.3 Å². The van der Waals surface area contributed by atoms with Crippen molar-refractivity contribution in [1.82, 2.24) is 5.32 Å². The van der Waals surface area contributed by atoms with Crippen LogP contribution in [0.2, 0.25) is 0 Å². The number of carbonyl (C=O) groups is 2. The first-order valence-electron chi connectivity index (χ1n) is 41.0. The third-order valence-corrected chi connectivity index (χ3v) is 19.6. The number of hydrogen-bond acceptors (Lipinski definition) is 5. The topological polar surface area (TPSA) is 95.9 Å². The van der Waals surface area contributed by atoms with E-state index in [2.05, 4.69) is 19.2 Å². The lowest BCUT2D eigenvalue weighted by atomic mass is 10.0. The van der Waals surface area contributed by atoms with Gasteiger partial charge in [0.05, 0.1) is 25.4 Å². The molecule has 0 saturated heterocycles. The molecule has 0 aliphatic heterocycles. The van der Waals surface area contributed by atoms with Gasteiger partial charge in [0, 0.05) is 12.8 Å². The van der Waals surface area contributed by atoms with E-state index in [9.17, 15) is 19.8 Å². The first-order chi connectivity index (χ1) is 43.5. The van der Waals surface area contributed by atoms with Gasteiger partial charge in [-0.3, -0.25) is 9.59 Å². The number of nitrogens with one attached hydrogen (secondary N) is 1. The van der Waals surface area contributed by atoms with E-state index in [0.29, 0.717) is 19.4 Å². The molecule has 524 valence electrons. The van der Waals surface area contributed by atoms with Gasteiger partial charge < -0.3 is 20.3 Å². The Hall–Kier alpha value is -1.40. The van der Waals surface area contributed by atoms with Crippen molar-refractivity contribution in [2.75, 3.05) is 13.2 Å². The molecule has 88 heavy (non-hydrogen) atoms. The van der Waals surface area contributed by atoms with Crippen LogP contribution in [0.25, 0.3) is 0 Å². The first kappa shape index (κ1) is 86.6. The van der Waals surface area contributed by atoms with Gasteiger partial charge in [-0.1, -0.05) is 443 Å². The number of carbonyl (C=O) groups excluding carboxylic acids is 2. The maximum atomic E-state index is 12.5. The van der Waals surface area contributed by atoms with E-state index in [1.807, 2.05) is 6.08 Å². The first-order valence-corrected chi connectivity index (χ1v) is 41.0. The fourth-order valence-electron chi connectivity index (χ4n) is 13.3. The fraction of sp³-hybridized carbons (Fsp3) is 0.951. The van der Waals surface area contributed by atoms with Crippen molar-refractivity contribution in [3.8, 4) is 0 Å². The van der Waals surface area contributed by atoms with Crippen molar-refractivity contribution >= 4 is 11.9 Å². The number of aliphatic hydroxyl groups excluding tert-OH is 2. The Morgan fingerprint density at radius 2 is 0.523 bits per heavy atom. The Bertz CT molecular complexity index is 1340. The molecule has 0 saturated carbocycles. The molecular weight excluding hydrogens is 1080 g/mol. The molecule has 0 rings (SSSR count). The lowest BCUT2D eigenvalue weighted by molar-refractivity contribution is -0.143. The number of unbranched alkanes of at least 4 members (excludes halogenated alkanes) is 67. The molecule has 0 aliphatic rings. The van der Waals surface area contributed by atoms with Crippen LogP contribution in [0.3, 0.4) is 0 Å². The minimum absolute atomic E-state index is 0.0259. The molecule has 2 unspecified atom stereocenters. The summed E-state index contributed by atoms with van der Waals surface area (Å²) in [5, 5.41) is 23.3. The molecule has 0 aromatic carbocycles. The highest BCUT2D eigenvalue weighted by Gasteiger charge is 2.18. The second kappa shape index (κ2) is 78.0. The van der Waals surface area contributed by atoms with Gasteiger partial charge in [0.1, 0.15) is 0 Å². The van der Waals surface area contributed by atoms with E-state index in [1.54, 1.807) is 6.08 Å². The van der Waals surface area contributed by atoms with Gasteiger partial charge in [0.2, 0.25) is 5.91 Å². The van der Waals surface area contributed by atoms with Gasteiger partial charge in [0.15, 0.2) is 0 Å². The smallest absolute Gasteiger partial charge is 0.305 e. The van der Waals surface area contributed by atoms with E-state index in [0.717, 1.165) is 38.5 Å². The van der Waals surface area contributed by atoms with Crippen molar-refractivity contribution in [2.24, 2.45) is 0 Å². The maximum Gasteiger partial charge on any atom is 0.305 e. The van der Waals surface area contributed by atoms with Gasteiger partial charge in [-0.05, 0) is 32.1 Å². The van der Waals surface area contributed by atoms with Crippen molar-refractivity contribution in [3.05, 3.63) is 12.2 Å². The Morgan fingerprint density at radius 1 is 0.307 bits per heavy atom. The Morgan fingerprint density at radius 3 is 0.773 bits per heavy atom. The normalized spacial score (nSPS) is 12.5. The minimum atomic E-state index is -0.841. The third-order valence-electron chi connectivity index (χ3n) is 19.6. The van der Waals surface area contributed by atoms with Gasteiger partial charge >= 0.3 is 5.97 Å². The van der Waals surface area contributed by atoms with Gasteiger partial charge in [-0.15, -0.1) is 0 Å². The number of allylic oxidation sites excluding steroid dienone is 1. The van der Waals surface area contributed by atoms with Gasteiger partial charge in [0.25, 0.3) is 0 Å². The molecule has 1 amide bonds. The molecule has 0 aliphatic carbocycles. The van der Waals surface area contributed by atoms with Crippen LogP contribution < -0.4 is 5.32 Å². The van der Waals surface area contributed by atoms with Crippen LogP contribution >= 0.6 is 0 Å². The number of aliphatic hydroxyl groups is 2. The summed E-state index contributed by atoms with van der Waals surface area (Å²) in [6.07, 6.45) is 99.3. The predicted octanol–water partition coefficient (Wildman–Crippen LogP) is 27.1. The van der Waals surface area contributed by atoms with Crippen molar-refractivity contribution in [1.29, 1.82) is 0 Å². The Labute approximate surface area is 552 Å². The summed E-state index contributed by atoms with van der Waals surface area (Å²) < 4.78 is 5.50. The largest absolute Gasteiger partial charge is 0.466 e. The summed E-state index contributed by atoms with van der Waals surface area (Å²) in [5.74, 6) is -0.0310. The zero-order valence-corrected chi connectivity index (χ0v) is 60.3. The van der Waals surface area contributed by atoms with Crippen LogP contribution in [0.4, 0.5) is 0 Å². The molecular formula is C82H161NO5. The molecule has 6 heteroatoms. The number of esters is 1. The number of rotatable bonds is 78. The van der Waals surface area contributed by atoms with E-state index in [4.69, 9.17) is 4.74 Å².